The van der Waals surface area contributed by atoms with Crippen LogP contribution in [0.1, 0.15) is 0 Å². The van der Waals surface area contributed by atoms with E-state index in [0.29, 0.717) is 0 Å². The van der Waals surface area contributed by atoms with Gasteiger partial charge >= 0.3 is 0 Å². The van der Waals surface area contributed by atoms with Crippen LogP contribution in [0.25, 0.3) is 0 Å². The summed E-state index contributed by atoms with van der Waals surface area (Å²) in [7, 11) is 1.57. The molecule has 0 aromatic carbocycles. The Balaban J connectivity index is 0. The van der Waals surface area contributed by atoms with Gasteiger partial charge in [-0.2, -0.15) is 0 Å². The molecule has 0 rings (SSSR count). The third-order valence-electron chi connectivity index (χ3n) is 1.74. The van der Waals surface area contributed by atoms with E-state index >= 15 is 0 Å². The van der Waals surface area contributed by atoms with Gasteiger partial charge in [-0.05, 0) is 7.05 Å². The standard InChI is InChI=1S/C7H17NO5.Fe/c1-8-2-4(10)6(12)7(13)5(11)3-9;/h4-13H,2-3H2,1H3;/t4-,5+,6+,7+;/m0./s1. The Hall–Kier alpha value is 0.279. The summed E-state index contributed by atoms with van der Waals surface area (Å²) < 4.78 is 0. The second kappa shape index (κ2) is 8.58. The second-order valence-electron chi connectivity index (χ2n) is 2.86. The number of hydrogen-bond acceptors (Lipinski definition) is 6. The Morgan fingerprint density at radius 3 is 1.79 bits per heavy atom. The molecule has 88 valence electrons. The van der Waals surface area contributed by atoms with Crippen molar-refractivity contribution < 1.29 is 42.6 Å². The van der Waals surface area contributed by atoms with Crippen LogP contribution in [0.4, 0.5) is 0 Å². The Labute approximate surface area is 93.0 Å². The van der Waals surface area contributed by atoms with E-state index in [-0.39, 0.29) is 23.6 Å². The summed E-state index contributed by atoms with van der Waals surface area (Å²) in [6.07, 6.45) is -5.65. The molecular formula is C7H17FeNO5. The summed E-state index contributed by atoms with van der Waals surface area (Å²) >= 11 is 0. The fourth-order valence-electron chi connectivity index (χ4n) is 0.893. The van der Waals surface area contributed by atoms with Crippen molar-refractivity contribution in [1.29, 1.82) is 0 Å². The van der Waals surface area contributed by atoms with Gasteiger partial charge in [0.15, 0.2) is 0 Å². The van der Waals surface area contributed by atoms with Crippen molar-refractivity contribution in [2.45, 2.75) is 24.4 Å². The zero-order chi connectivity index (χ0) is 10.4. The largest absolute Gasteiger partial charge is 0.394 e. The van der Waals surface area contributed by atoms with Gasteiger partial charge < -0.3 is 30.8 Å². The zero-order valence-corrected chi connectivity index (χ0v) is 8.92. The second-order valence-corrected chi connectivity index (χ2v) is 2.86. The van der Waals surface area contributed by atoms with Crippen LogP contribution in [0.2, 0.25) is 0 Å². The molecule has 6 N–H and O–H groups in total. The monoisotopic (exact) mass is 251 g/mol. The number of nitrogens with one attached hydrogen (secondary N) is 1. The van der Waals surface area contributed by atoms with E-state index in [9.17, 15) is 5.11 Å². The average molecular weight is 251 g/mol. The zero-order valence-electron chi connectivity index (χ0n) is 7.81. The first-order valence-electron chi connectivity index (χ1n) is 4.02. The minimum Gasteiger partial charge on any atom is -0.394 e. The molecule has 7 heteroatoms. The van der Waals surface area contributed by atoms with Crippen LogP contribution in [0.15, 0.2) is 0 Å². The summed E-state index contributed by atoms with van der Waals surface area (Å²) in [5.74, 6) is 0. The van der Waals surface area contributed by atoms with E-state index < -0.39 is 31.0 Å². The summed E-state index contributed by atoms with van der Waals surface area (Å²) in [5.41, 5.74) is 0. The molecule has 0 heterocycles. The normalized spacial score (nSPS) is 19.3. The van der Waals surface area contributed by atoms with Crippen molar-refractivity contribution in [3.05, 3.63) is 0 Å². The SMILES string of the molecule is CNC[C@H](O)[C@@H](O)[C@H](O)[C@H](O)CO.[Fe]. The first kappa shape index (κ1) is 16.7. The van der Waals surface area contributed by atoms with Crippen LogP contribution in [-0.4, -0.2) is 70.1 Å². The molecule has 0 fully saturated rings. The number of hydrogen-bond donors (Lipinski definition) is 6. The first-order valence-corrected chi connectivity index (χ1v) is 4.02. The van der Waals surface area contributed by atoms with Crippen LogP contribution >= 0.6 is 0 Å². The number of aliphatic hydroxyl groups is 5. The summed E-state index contributed by atoms with van der Waals surface area (Å²) in [5, 5.41) is 47.5. The molecule has 6 nitrogen and oxygen atoms in total. The molecule has 0 aliphatic heterocycles. The Kier molecular flexibility index (Phi) is 10.2. The van der Waals surface area contributed by atoms with E-state index in [1.54, 1.807) is 7.05 Å². The molecule has 0 bridgehead atoms. The molecule has 0 aromatic rings. The molecule has 0 radical (unpaired) electrons. The quantitative estimate of drug-likeness (QED) is 0.275. The molecule has 0 saturated carbocycles. The predicted molar refractivity (Wildman–Crippen MR) is 45.0 cm³/mol. The third kappa shape index (κ3) is 5.23. The summed E-state index contributed by atoms with van der Waals surface area (Å²) in [6.45, 7) is -0.569. The average Bonchev–Trinajstić information content (AvgIpc) is 2.14. The van der Waals surface area contributed by atoms with E-state index in [1.165, 1.54) is 0 Å². The molecule has 0 saturated heterocycles. The maximum atomic E-state index is 9.21. The molecule has 0 aliphatic carbocycles. The van der Waals surface area contributed by atoms with Crippen molar-refractivity contribution in [1.82, 2.24) is 5.32 Å². The minimum absolute atomic E-state index is 0. The molecular weight excluding hydrogens is 234 g/mol. The van der Waals surface area contributed by atoms with Crippen LogP contribution in [0, 0.1) is 0 Å². The third-order valence-corrected chi connectivity index (χ3v) is 1.74. The Morgan fingerprint density at radius 2 is 1.43 bits per heavy atom. The summed E-state index contributed by atoms with van der Waals surface area (Å²) in [6, 6.07) is 0. The van der Waals surface area contributed by atoms with Gasteiger partial charge in [-0.25, -0.2) is 0 Å². The van der Waals surface area contributed by atoms with Gasteiger partial charge in [-0.15, -0.1) is 0 Å². The van der Waals surface area contributed by atoms with Crippen LogP contribution in [0.3, 0.4) is 0 Å². The van der Waals surface area contributed by atoms with Gasteiger partial charge in [0, 0.05) is 23.6 Å². The van der Waals surface area contributed by atoms with Gasteiger partial charge in [-0.1, -0.05) is 0 Å². The van der Waals surface area contributed by atoms with Crippen molar-refractivity contribution in [2.75, 3.05) is 20.2 Å². The maximum Gasteiger partial charge on any atom is 0.111 e. The van der Waals surface area contributed by atoms with Gasteiger partial charge in [0.25, 0.3) is 0 Å². The van der Waals surface area contributed by atoms with Gasteiger partial charge in [0.05, 0.1) is 12.7 Å². The van der Waals surface area contributed by atoms with E-state index in [2.05, 4.69) is 5.32 Å². The Morgan fingerprint density at radius 1 is 1.00 bits per heavy atom. The van der Waals surface area contributed by atoms with Gasteiger partial charge in [-0.3, -0.25) is 0 Å². The number of likely N-dealkylation sites (N-methyl/N-ethyl adjacent to an activating group) is 1. The van der Waals surface area contributed by atoms with E-state index in [4.69, 9.17) is 20.4 Å². The van der Waals surface area contributed by atoms with Crippen molar-refractivity contribution in [3.8, 4) is 0 Å². The van der Waals surface area contributed by atoms with Gasteiger partial charge in [0.1, 0.15) is 18.3 Å². The Bertz CT molecular complexity index is 139. The smallest absolute Gasteiger partial charge is 0.111 e. The van der Waals surface area contributed by atoms with Crippen LogP contribution in [-0.2, 0) is 17.1 Å². The number of rotatable bonds is 6. The molecule has 0 aliphatic rings. The van der Waals surface area contributed by atoms with Crippen LogP contribution < -0.4 is 5.32 Å². The topological polar surface area (TPSA) is 113 Å². The molecule has 0 aromatic heterocycles. The fourth-order valence-corrected chi connectivity index (χ4v) is 0.893. The number of aliphatic hydroxyl groups excluding tert-OH is 5. The predicted octanol–water partition coefficient (Wildman–Crippen LogP) is -3.36. The van der Waals surface area contributed by atoms with E-state index in [1.807, 2.05) is 0 Å². The van der Waals surface area contributed by atoms with Crippen LogP contribution in [0.5, 0.6) is 0 Å². The van der Waals surface area contributed by atoms with Gasteiger partial charge in [0.2, 0.25) is 0 Å². The van der Waals surface area contributed by atoms with Crippen molar-refractivity contribution in [2.24, 2.45) is 0 Å². The molecule has 0 unspecified atom stereocenters. The maximum absolute atomic E-state index is 9.21. The molecule has 0 spiro atoms. The summed E-state index contributed by atoms with van der Waals surface area (Å²) in [4.78, 5) is 0. The molecule has 4 atom stereocenters. The fraction of sp³-hybridized carbons (Fsp3) is 1.00. The minimum atomic E-state index is -1.55. The first-order chi connectivity index (χ1) is 6.04. The van der Waals surface area contributed by atoms with Crippen molar-refractivity contribution >= 4 is 0 Å². The van der Waals surface area contributed by atoms with Crippen molar-refractivity contribution in [3.63, 3.8) is 0 Å². The molecule has 14 heavy (non-hydrogen) atoms. The molecule has 0 amide bonds. The van der Waals surface area contributed by atoms with E-state index in [0.717, 1.165) is 0 Å².